The van der Waals surface area contributed by atoms with E-state index in [0.717, 1.165) is 49.1 Å². The number of hydrogen-bond acceptors (Lipinski definition) is 8. The third-order valence-corrected chi connectivity index (χ3v) is 4.50. The molecule has 2 aromatic carbocycles. The van der Waals surface area contributed by atoms with E-state index in [2.05, 4.69) is 36.8 Å². The largest absolute Gasteiger partial charge is 0.494 e. The number of morpholine rings is 1. The minimum atomic E-state index is 0.419. The van der Waals surface area contributed by atoms with Crippen molar-refractivity contribution in [3.63, 3.8) is 0 Å². The van der Waals surface area contributed by atoms with Gasteiger partial charge in [-0.1, -0.05) is 12.1 Å². The first-order valence-electron chi connectivity index (χ1n) is 9.70. The number of anilines is 5. The van der Waals surface area contributed by atoms with Gasteiger partial charge in [0, 0.05) is 18.8 Å². The average molecular weight is 392 g/mol. The van der Waals surface area contributed by atoms with Gasteiger partial charge in [0.1, 0.15) is 5.75 Å². The molecule has 29 heavy (non-hydrogen) atoms. The van der Waals surface area contributed by atoms with E-state index in [4.69, 9.17) is 9.47 Å². The van der Waals surface area contributed by atoms with Crippen LogP contribution in [0.25, 0.3) is 0 Å². The molecule has 0 saturated carbocycles. The zero-order chi connectivity index (χ0) is 19.9. The van der Waals surface area contributed by atoms with Crippen molar-refractivity contribution in [2.45, 2.75) is 6.92 Å². The Hall–Kier alpha value is -3.39. The van der Waals surface area contributed by atoms with Crippen LogP contribution >= 0.6 is 0 Å². The molecule has 0 bridgehead atoms. The molecule has 2 N–H and O–H groups in total. The Morgan fingerprint density at radius 3 is 2.62 bits per heavy atom. The first kappa shape index (κ1) is 18.9. The number of rotatable bonds is 7. The summed E-state index contributed by atoms with van der Waals surface area (Å²) in [6.45, 7) is 5.80. The molecule has 2 heterocycles. The van der Waals surface area contributed by atoms with Gasteiger partial charge in [0.25, 0.3) is 0 Å². The van der Waals surface area contributed by atoms with E-state index in [1.165, 1.54) is 0 Å². The second-order valence-corrected chi connectivity index (χ2v) is 6.49. The molecule has 0 atom stereocenters. The molecule has 1 aromatic heterocycles. The number of nitrogens with zero attached hydrogens (tertiary/aromatic N) is 4. The lowest BCUT2D eigenvalue weighted by atomic mass is 10.2. The average Bonchev–Trinajstić information content (AvgIpc) is 2.77. The third-order valence-electron chi connectivity index (χ3n) is 4.50. The number of benzene rings is 2. The van der Waals surface area contributed by atoms with Crippen LogP contribution in [0, 0.1) is 0 Å². The van der Waals surface area contributed by atoms with Crippen molar-refractivity contribution in [1.29, 1.82) is 0 Å². The van der Waals surface area contributed by atoms with Gasteiger partial charge in [0.15, 0.2) is 5.82 Å². The molecule has 1 fully saturated rings. The van der Waals surface area contributed by atoms with Crippen molar-refractivity contribution in [3.8, 4) is 5.75 Å². The van der Waals surface area contributed by atoms with Crippen LogP contribution < -0.4 is 20.3 Å². The highest BCUT2D eigenvalue weighted by molar-refractivity contribution is 5.74. The molecule has 8 nitrogen and oxygen atoms in total. The van der Waals surface area contributed by atoms with Crippen molar-refractivity contribution in [2.75, 3.05) is 48.4 Å². The highest BCUT2D eigenvalue weighted by Crippen LogP contribution is 2.29. The van der Waals surface area contributed by atoms with Gasteiger partial charge in [0.2, 0.25) is 5.95 Å². The highest BCUT2D eigenvalue weighted by atomic mass is 16.5. The first-order valence-corrected chi connectivity index (χ1v) is 9.70. The summed E-state index contributed by atoms with van der Waals surface area (Å²) in [7, 11) is 0. The van der Waals surface area contributed by atoms with Crippen LogP contribution in [0.4, 0.5) is 28.8 Å². The highest BCUT2D eigenvalue weighted by Gasteiger charge is 2.15. The van der Waals surface area contributed by atoms with Gasteiger partial charge in [-0.05, 0) is 43.3 Å². The van der Waals surface area contributed by atoms with Crippen LogP contribution in [-0.2, 0) is 4.74 Å². The predicted octanol–water partition coefficient (Wildman–Crippen LogP) is 3.59. The quantitative estimate of drug-likeness (QED) is 0.631. The molecule has 0 aliphatic carbocycles. The second-order valence-electron chi connectivity index (χ2n) is 6.49. The molecule has 3 aromatic rings. The van der Waals surface area contributed by atoms with Gasteiger partial charge in [-0.2, -0.15) is 10.1 Å². The van der Waals surface area contributed by atoms with Crippen molar-refractivity contribution < 1.29 is 9.47 Å². The van der Waals surface area contributed by atoms with Gasteiger partial charge in [-0.25, -0.2) is 0 Å². The van der Waals surface area contributed by atoms with Crippen LogP contribution in [0.15, 0.2) is 54.7 Å². The topological polar surface area (TPSA) is 84.4 Å². The molecular formula is C21H24N6O2. The third kappa shape index (κ3) is 4.91. The summed E-state index contributed by atoms with van der Waals surface area (Å²) < 4.78 is 10.9. The smallest absolute Gasteiger partial charge is 0.249 e. The van der Waals surface area contributed by atoms with Gasteiger partial charge in [-0.15, -0.1) is 5.10 Å². The molecular weight excluding hydrogens is 368 g/mol. The van der Waals surface area contributed by atoms with E-state index < -0.39 is 0 Å². The van der Waals surface area contributed by atoms with E-state index in [1.807, 2.05) is 49.4 Å². The van der Waals surface area contributed by atoms with E-state index >= 15 is 0 Å². The minimum Gasteiger partial charge on any atom is -0.494 e. The lowest BCUT2D eigenvalue weighted by Gasteiger charge is -2.30. The molecule has 1 saturated heterocycles. The molecule has 0 unspecified atom stereocenters. The van der Waals surface area contributed by atoms with Gasteiger partial charge in [-0.3, -0.25) is 0 Å². The molecule has 0 amide bonds. The van der Waals surface area contributed by atoms with Gasteiger partial charge >= 0.3 is 0 Å². The van der Waals surface area contributed by atoms with E-state index in [1.54, 1.807) is 6.20 Å². The Morgan fingerprint density at radius 1 is 1.03 bits per heavy atom. The molecule has 1 aliphatic rings. The summed E-state index contributed by atoms with van der Waals surface area (Å²) in [5.41, 5.74) is 2.96. The minimum absolute atomic E-state index is 0.419. The fraction of sp³-hybridized carbons (Fsp3) is 0.286. The zero-order valence-electron chi connectivity index (χ0n) is 16.3. The van der Waals surface area contributed by atoms with Crippen LogP contribution in [0.3, 0.4) is 0 Å². The van der Waals surface area contributed by atoms with Gasteiger partial charge in [0.05, 0.1) is 37.4 Å². The van der Waals surface area contributed by atoms with Crippen LogP contribution in [0.1, 0.15) is 6.92 Å². The summed E-state index contributed by atoms with van der Waals surface area (Å²) in [6, 6.07) is 15.8. The van der Waals surface area contributed by atoms with Crippen molar-refractivity contribution in [3.05, 3.63) is 54.7 Å². The Kier molecular flexibility index (Phi) is 6.01. The Balaban J connectivity index is 1.48. The number of nitrogens with one attached hydrogen (secondary N) is 2. The van der Waals surface area contributed by atoms with Crippen LogP contribution in [0.5, 0.6) is 5.75 Å². The summed E-state index contributed by atoms with van der Waals surface area (Å²) in [5.74, 6) is 1.87. The summed E-state index contributed by atoms with van der Waals surface area (Å²) in [5, 5.41) is 14.7. The number of ether oxygens (including phenoxy) is 2. The summed E-state index contributed by atoms with van der Waals surface area (Å²) in [6.07, 6.45) is 1.61. The van der Waals surface area contributed by atoms with Crippen molar-refractivity contribution >= 4 is 28.8 Å². The maximum atomic E-state index is 5.46. The monoisotopic (exact) mass is 392 g/mol. The fourth-order valence-electron chi connectivity index (χ4n) is 3.14. The molecule has 0 spiro atoms. The maximum Gasteiger partial charge on any atom is 0.249 e. The molecule has 4 rings (SSSR count). The summed E-state index contributed by atoms with van der Waals surface area (Å²) in [4.78, 5) is 6.84. The van der Waals surface area contributed by atoms with E-state index in [-0.39, 0.29) is 0 Å². The lowest BCUT2D eigenvalue weighted by Crippen LogP contribution is -2.36. The zero-order valence-corrected chi connectivity index (χ0v) is 16.3. The first-order chi connectivity index (χ1) is 14.3. The summed E-state index contributed by atoms with van der Waals surface area (Å²) >= 11 is 0. The Labute approximate surface area is 169 Å². The molecule has 1 aliphatic heterocycles. The van der Waals surface area contributed by atoms with Crippen molar-refractivity contribution in [1.82, 2.24) is 15.2 Å². The second kappa shape index (κ2) is 9.20. The predicted molar refractivity (Wildman–Crippen MR) is 113 cm³/mol. The van der Waals surface area contributed by atoms with Gasteiger partial charge < -0.3 is 25.0 Å². The molecule has 0 radical (unpaired) electrons. The Morgan fingerprint density at radius 2 is 1.83 bits per heavy atom. The van der Waals surface area contributed by atoms with Crippen molar-refractivity contribution in [2.24, 2.45) is 0 Å². The standard InChI is InChI=1S/C21H24N6O2/c1-2-29-17-9-7-16(8-10-17)23-21-25-20(15-22-26-21)24-18-5-3-4-6-19(18)27-11-13-28-14-12-27/h3-10,15H,2,11-14H2,1H3,(H2,23,24,25,26). The number of hydrogen-bond donors (Lipinski definition) is 2. The van der Waals surface area contributed by atoms with E-state index in [9.17, 15) is 0 Å². The lowest BCUT2D eigenvalue weighted by molar-refractivity contribution is 0.123. The normalized spacial score (nSPS) is 13.8. The number of para-hydroxylation sites is 2. The maximum absolute atomic E-state index is 5.46. The number of aromatic nitrogens is 3. The SMILES string of the molecule is CCOc1ccc(Nc2nncc(Nc3ccccc3N3CCOCC3)n2)cc1. The van der Waals surface area contributed by atoms with Crippen LogP contribution in [0.2, 0.25) is 0 Å². The molecule has 150 valence electrons. The Bertz CT molecular complexity index is 928. The molecule has 8 heteroatoms. The van der Waals surface area contributed by atoms with Crippen LogP contribution in [-0.4, -0.2) is 48.1 Å². The fourth-order valence-corrected chi connectivity index (χ4v) is 3.14. The van der Waals surface area contributed by atoms with E-state index in [0.29, 0.717) is 18.4 Å².